The van der Waals surface area contributed by atoms with E-state index in [4.69, 9.17) is 4.74 Å². The normalized spacial score (nSPS) is 10.7. The molecule has 1 aromatic carbocycles. The van der Waals surface area contributed by atoms with Crippen LogP contribution in [-0.2, 0) is 0 Å². The van der Waals surface area contributed by atoms with E-state index in [1.807, 2.05) is 13.8 Å². The van der Waals surface area contributed by atoms with E-state index in [9.17, 15) is 14.4 Å². The maximum absolute atomic E-state index is 13.4. The van der Waals surface area contributed by atoms with Crippen LogP contribution in [0.2, 0.25) is 0 Å². The molecule has 0 aromatic heterocycles. The fraction of sp³-hybridized carbons (Fsp3) is 0.400. The number of hydrogen-bond donors (Lipinski definition) is 2. The largest absolute Gasteiger partial charge is 0.493 e. The molecule has 0 aliphatic heterocycles. The average molecular weight is 244 g/mol. The highest BCUT2D eigenvalue weighted by molar-refractivity contribution is 7.98. The van der Waals surface area contributed by atoms with E-state index in [-0.39, 0.29) is 16.5 Å². The Bertz CT molecular complexity index is 371. The van der Waals surface area contributed by atoms with Crippen LogP contribution in [0.4, 0.5) is 4.39 Å². The molecule has 2 N–H and O–H groups in total. The van der Waals surface area contributed by atoms with Gasteiger partial charge in [0, 0.05) is 10.4 Å². The van der Waals surface area contributed by atoms with E-state index in [1.165, 1.54) is 12.1 Å². The average Bonchev–Trinajstić information content (AvgIpc) is 2.18. The van der Waals surface area contributed by atoms with Gasteiger partial charge < -0.3 is 14.8 Å². The smallest absolute Gasteiger partial charge is 0.491 e. The fourth-order valence-electron chi connectivity index (χ4n) is 1.36. The van der Waals surface area contributed by atoms with Gasteiger partial charge in [-0.2, -0.15) is 0 Å². The van der Waals surface area contributed by atoms with Gasteiger partial charge >= 0.3 is 7.12 Å². The Morgan fingerprint density at radius 1 is 1.38 bits per heavy atom. The zero-order chi connectivity index (χ0) is 12.3. The van der Waals surface area contributed by atoms with Gasteiger partial charge in [0.25, 0.3) is 0 Å². The van der Waals surface area contributed by atoms with Crippen molar-refractivity contribution in [2.24, 2.45) is 0 Å². The van der Waals surface area contributed by atoms with Gasteiger partial charge in [-0.15, -0.1) is 11.8 Å². The fourth-order valence-corrected chi connectivity index (χ4v) is 2.05. The van der Waals surface area contributed by atoms with Crippen LogP contribution >= 0.6 is 11.8 Å². The number of thioether (sulfide) groups is 1. The second-order valence-electron chi connectivity index (χ2n) is 3.53. The van der Waals surface area contributed by atoms with Crippen molar-refractivity contribution >= 4 is 24.3 Å². The molecule has 0 amide bonds. The molecule has 0 saturated carbocycles. The second-order valence-corrected chi connectivity index (χ2v) is 4.35. The first-order valence-corrected chi connectivity index (χ1v) is 6.09. The predicted molar refractivity (Wildman–Crippen MR) is 63.8 cm³/mol. The Kier molecular flexibility index (Phi) is 4.64. The van der Waals surface area contributed by atoms with Crippen LogP contribution in [-0.4, -0.2) is 29.5 Å². The van der Waals surface area contributed by atoms with Crippen molar-refractivity contribution in [1.29, 1.82) is 0 Å². The highest BCUT2D eigenvalue weighted by Gasteiger charge is 2.24. The number of halogens is 1. The molecule has 3 nitrogen and oxygen atoms in total. The van der Waals surface area contributed by atoms with Crippen LogP contribution < -0.4 is 10.2 Å². The SMILES string of the molecule is CSc1c(F)ccc(OC(C)C)c1B(O)O. The molecule has 0 saturated heterocycles. The summed E-state index contributed by atoms with van der Waals surface area (Å²) in [4.78, 5) is 0.202. The Balaban J connectivity index is 3.27. The summed E-state index contributed by atoms with van der Waals surface area (Å²) in [5.41, 5.74) is 0.0844. The van der Waals surface area contributed by atoms with E-state index in [2.05, 4.69) is 0 Å². The van der Waals surface area contributed by atoms with Crippen LogP contribution in [0.15, 0.2) is 17.0 Å². The van der Waals surface area contributed by atoms with Crippen molar-refractivity contribution in [1.82, 2.24) is 0 Å². The zero-order valence-corrected chi connectivity index (χ0v) is 10.2. The lowest BCUT2D eigenvalue weighted by Gasteiger charge is -2.16. The summed E-state index contributed by atoms with van der Waals surface area (Å²) in [6.07, 6.45) is 1.56. The van der Waals surface area contributed by atoms with Gasteiger partial charge in [-0.05, 0) is 32.2 Å². The van der Waals surface area contributed by atoms with Crippen molar-refractivity contribution in [2.75, 3.05) is 6.26 Å². The third kappa shape index (κ3) is 2.90. The van der Waals surface area contributed by atoms with Gasteiger partial charge in [-0.25, -0.2) is 4.39 Å². The standard InChI is InChI=1S/C10H14BFO3S/c1-6(2)15-8-5-4-7(12)10(16-3)9(8)11(13)14/h4-6,13-14H,1-3H3. The van der Waals surface area contributed by atoms with Crippen molar-refractivity contribution in [3.05, 3.63) is 17.9 Å². The number of benzene rings is 1. The summed E-state index contributed by atoms with van der Waals surface area (Å²) in [5.74, 6) is -0.178. The molecule has 0 radical (unpaired) electrons. The molecule has 0 fully saturated rings. The molecule has 0 heterocycles. The minimum Gasteiger partial charge on any atom is -0.491 e. The summed E-state index contributed by atoms with van der Waals surface area (Å²) in [6, 6.07) is 2.67. The summed E-state index contributed by atoms with van der Waals surface area (Å²) in [5, 5.41) is 18.5. The monoisotopic (exact) mass is 244 g/mol. The van der Waals surface area contributed by atoms with Crippen LogP contribution in [0.3, 0.4) is 0 Å². The van der Waals surface area contributed by atoms with Crippen molar-refractivity contribution in [3.8, 4) is 5.75 Å². The Labute approximate surface area is 98.8 Å². The molecule has 0 unspecified atom stereocenters. The predicted octanol–water partition coefficient (Wildman–Crippen LogP) is 1.01. The lowest BCUT2D eigenvalue weighted by atomic mass is 9.79. The molecule has 0 aliphatic rings. The van der Waals surface area contributed by atoms with Gasteiger partial charge in [0.2, 0.25) is 0 Å². The second kappa shape index (κ2) is 5.56. The first-order chi connectivity index (χ1) is 7.47. The molecule has 0 bridgehead atoms. The molecular weight excluding hydrogens is 230 g/mol. The Morgan fingerprint density at radius 2 is 2.00 bits per heavy atom. The van der Waals surface area contributed by atoms with Gasteiger partial charge in [-0.1, -0.05) is 0 Å². The van der Waals surface area contributed by atoms with Gasteiger partial charge in [0.15, 0.2) is 0 Å². The van der Waals surface area contributed by atoms with Crippen molar-refractivity contribution in [3.63, 3.8) is 0 Å². The number of ether oxygens (including phenoxy) is 1. The third-order valence-corrected chi connectivity index (χ3v) is 2.76. The van der Waals surface area contributed by atoms with Gasteiger partial charge in [-0.3, -0.25) is 0 Å². The van der Waals surface area contributed by atoms with Gasteiger partial charge in [0.05, 0.1) is 6.10 Å². The molecule has 0 aliphatic carbocycles. The van der Waals surface area contributed by atoms with Crippen LogP contribution in [0, 0.1) is 5.82 Å². The lowest BCUT2D eigenvalue weighted by molar-refractivity contribution is 0.242. The molecule has 1 rings (SSSR count). The first kappa shape index (κ1) is 13.4. The van der Waals surface area contributed by atoms with Gasteiger partial charge in [0.1, 0.15) is 11.6 Å². The summed E-state index contributed by atoms with van der Waals surface area (Å²) < 4.78 is 18.8. The minimum absolute atomic E-state index is 0.0844. The molecule has 6 heteroatoms. The maximum Gasteiger partial charge on any atom is 0.493 e. The molecular formula is C10H14BFO3S. The molecule has 1 aromatic rings. The first-order valence-electron chi connectivity index (χ1n) is 4.86. The Hall–Kier alpha value is -0.715. The minimum atomic E-state index is -1.74. The van der Waals surface area contributed by atoms with Crippen molar-refractivity contribution < 1.29 is 19.2 Å². The molecule has 0 atom stereocenters. The highest BCUT2D eigenvalue weighted by Crippen LogP contribution is 2.23. The summed E-state index contributed by atoms with van der Waals surface area (Å²) in [7, 11) is -1.74. The topological polar surface area (TPSA) is 49.7 Å². The van der Waals surface area contributed by atoms with E-state index < -0.39 is 12.9 Å². The van der Waals surface area contributed by atoms with Crippen LogP contribution in [0.5, 0.6) is 5.75 Å². The molecule has 0 spiro atoms. The highest BCUT2D eigenvalue weighted by atomic mass is 32.2. The summed E-state index contributed by atoms with van der Waals surface area (Å²) in [6.45, 7) is 3.63. The lowest BCUT2D eigenvalue weighted by Crippen LogP contribution is -2.34. The maximum atomic E-state index is 13.4. The van der Waals surface area contributed by atoms with Crippen LogP contribution in [0.25, 0.3) is 0 Å². The van der Waals surface area contributed by atoms with E-state index >= 15 is 0 Å². The van der Waals surface area contributed by atoms with E-state index in [0.29, 0.717) is 5.75 Å². The number of rotatable bonds is 4. The molecule has 88 valence electrons. The number of hydrogen-bond acceptors (Lipinski definition) is 4. The quantitative estimate of drug-likeness (QED) is 0.613. The third-order valence-electron chi connectivity index (χ3n) is 1.93. The Morgan fingerprint density at radius 3 is 2.44 bits per heavy atom. The van der Waals surface area contributed by atoms with Crippen molar-refractivity contribution in [2.45, 2.75) is 24.8 Å². The van der Waals surface area contributed by atoms with E-state index in [1.54, 1.807) is 6.26 Å². The summed E-state index contributed by atoms with van der Waals surface area (Å²) >= 11 is 1.12. The van der Waals surface area contributed by atoms with Crippen LogP contribution in [0.1, 0.15) is 13.8 Å². The van der Waals surface area contributed by atoms with E-state index in [0.717, 1.165) is 11.8 Å². The zero-order valence-electron chi connectivity index (χ0n) is 9.40. The molecule has 16 heavy (non-hydrogen) atoms.